The standard InChI is InChI=1S/C22H25ClF3NO5/c1-21(2,3)16-12-19-13(11-17(16)23)10-15(20(32-19)22(24,25)26)18(29)8-4-6-14(28)7-5-9-31-27-30/h10-12,20H,4-9H2,1-3H3. The molecule has 0 amide bonds. The molecule has 0 saturated heterocycles. The van der Waals surface area contributed by atoms with E-state index in [1.165, 1.54) is 18.2 Å². The Morgan fingerprint density at radius 1 is 1.12 bits per heavy atom. The Morgan fingerprint density at radius 3 is 2.38 bits per heavy atom. The monoisotopic (exact) mass is 475 g/mol. The van der Waals surface area contributed by atoms with Crippen molar-refractivity contribution >= 4 is 29.2 Å². The van der Waals surface area contributed by atoms with Crippen molar-refractivity contribution in [2.24, 2.45) is 5.34 Å². The number of nitrogens with zero attached hydrogens (tertiary/aromatic N) is 1. The average molecular weight is 476 g/mol. The lowest BCUT2D eigenvalue weighted by Crippen LogP contribution is -2.40. The van der Waals surface area contributed by atoms with Gasteiger partial charge in [0.1, 0.15) is 18.1 Å². The molecule has 0 fully saturated rings. The van der Waals surface area contributed by atoms with E-state index in [1.807, 2.05) is 20.8 Å². The predicted molar refractivity (Wildman–Crippen MR) is 113 cm³/mol. The quantitative estimate of drug-likeness (QED) is 0.231. The van der Waals surface area contributed by atoms with Crippen LogP contribution in [-0.2, 0) is 19.8 Å². The maximum Gasteiger partial charge on any atom is 0.429 e. The number of fused-ring (bicyclic) bond motifs is 1. The Labute approximate surface area is 189 Å². The average Bonchev–Trinajstić information content (AvgIpc) is 2.68. The molecule has 1 aromatic rings. The van der Waals surface area contributed by atoms with Crippen LogP contribution in [0, 0.1) is 4.91 Å². The van der Waals surface area contributed by atoms with Gasteiger partial charge in [0.2, 0.25) is 6.10 Å². The number of alkyl halides is 3. The summed E-state index contributed by atoms with van der Waals surface area (Å²) < 4.78 is 46.3. The Morgan fingerprint density at radius 2 is 1.78 bits per heavy atom. The highest BCUT2D eigenvalue weighted by Gasteiger charge is 2.48. The summed E-state index contributed by atoms with van der Waals surface area (Å²) >= 11 is 6.32. The number of ketones is 2. The molecule has 1 heterocycles. The van der Waals surface area contributed by atoms with Gasteiger partial charge >= 0.3 is 6.18 Å². The second-order valence-corrected chi connectivity index (χ2v) is 8.99. The molecule has 0 radical (unpaired) electrons. The Hall–Kier alpha value is -2.42. The molecule has 0 N–H and O–H groups in total. The smallest absolute Gasteiger partial charge is 0.429 e. The number of carbonyl (C=O) groups excluding carboxylic acids is 2. The minimum absolute atomic E-state index is 0.00452. The summed E-state index contributed by atoms with van der Waals surface area (Å²) in [5, 5.41) is 2.58. The van der Waals surface area contributed by atoms with Crippen LogP contribution in [0.2, 0.25) is 5.02 Å². The fraction of sp³-hybridized carbons (Fsp3) is 0.545. The molecule has 1 aliphatic heterocycles. The third-order valence-corrected chi connectivity index (χ3v) is 5.28. The second kappa shape index (κ2) is 10.5. The molecule has 6 nitrogen and oxygen atoms in total. The van der Waals surface area contributed by atoms with Crippen LogP contribution in [0.1, 0.15) is 64.0 Å². The summed E-state index contributed by atoms with van der Waals surface area (Å²) in [7, 11) is 0. The van der Waals surface area contributed by atoms with Crippen molar-refractivity contribution in [1.29, 1.82) is 0 Å². The number of halogens is 4. The highest BCUT2D eigenvalue weighted by Crippen LogP contribution is 2.42. The van der Waals surface area contributed by atoms with Crippen molar-refractivity contribution in [2.75, 3.05) is 6.61 Å². The van der Waals surface area contributed by atoms with Gasteiger partial charge in [0, 0.05) is 35.4 Å². The van der Waals surface area contributed by atoms with Crippen LogP contribution in [0.3, 0.4) is 0 Å². The summed E-state index contributed by atoms with van der Waals surface area (Å²) in [6, 6.07) is 2.98. The lowest BCUT2D eigenvalue weighted by atomic mass is 9.85. The van der Waals surface area contributed by atoms with Crippen molar-refractivity contribution in [3.05, 3.63) is 38.8 Å². The minimum atomic E-state index is -4.79. The van der Waals surface area contributed by atoms with Crippen LogP contribution in [0.5, 0.6) is 5.75 Å². The van der Waals surface area contributed by atoms with Crippen molar-refractivity contribution in [3.8, 4) is 5.75 Å². The molecule has 0 spiro atoms. The number of Topliss-reactive ketones (excluding diaryl/α,β-unsaturated/α-hetero) is 2. The molecular formula is C22H25ClF3NO5. The fourth-order valence-corrected chi connectivity index (χ4v) is 3.80. The highest BCUT2D eigenvalue weighted by atomic mass is 35.5. The zero-order valence-electron chi connectivity index (χ0n) is 18.1. The topological polar surface area (TPSA) is 82.0 Å². The van der Waals surface area contributed by atoms with E-state index in [0.717, 1.165) is 0 Å². The molecule has 1 aliphatic rings. The number of carbonyl (C=O) groups is 2. The molecule has 2 rings (SSSR count). The van der Waals surface area contributed by atoms with Gasteiger partial charge < -0.3 is 9.57 Å². The molecular weight excluding hydrogens is 451 g/mol. The fourth-order valence-electron chi connectivity index (χ4n) is 3.35. The van der Waals surface area contributed by atoms with E-state index in [2.05, 4.69) is 10.2 Å². The highest BCUT2D eigenvalue weighted by molar-refractivity contribution is 6.31. The van der Waals surface area contributed by atoms with Crippen molar-refractivity contribution < 1.29 is 32.3 Å². The van der Waals surface area contributed by atoms with Crippen LogP contribution in [0.25, 0.3) is 6.08 Å². The summed E-state index contributed by atoms with van der Waals surface area (Å²) in [6.07, 6.45) is -5.69. The van der Waals surface area contributed by atoms with Crippen LogP contribution in [0.4, 0.5) is 13.2 Å². The minimum Gasteiger partial charge on any atom is -0.475 e. The molecule has 176 valence electrons. The summed E-state index contributed by atoms with van der Waals surface area (Å²) in [4.78, 5) is 38.4. The van der Waals surface area contributed by atoms with E-state index in [1.54, 1.807) is 0 Å². The molecule has 1 aromatic carbocycles. The number of rotatable bonds is 10. The molecule has 10 heteroatoms. The van der Waals surface area contributed by atoms with Crippen LogP contribution < -0.4 is 4.74 Å². The van der Waals surface area contributed by atoms with Gasteiger partial charge in [-0.3, -0.25) is 9.59 Å². The van der Waals surface area contributed by atoms with E-state index >= 15 is 0 Å². The van der Waals surface area contributed by atoms with Gasteiger partial charge in [0.25, 0.3) is 0 Å². The number of benzene rings is 1. The zero-order valence-corrected chi connectivity index (χ0v) is 18.8. The van der Waals surface area contributed by atoms with Crippen LogP contribution >= 0.6 is 11.6 Å². The first kappa shape index (κ1) is 25.8. The van der Waals surface area contributed by atoms with Gasteiger partial charge in [-0.05, 0) is 42.0 Å². The molecule has 0 saturated carbocycles. The van der Waals surface area contributed by atoms with Gasteiger partial charge in [0.15, 0.2) is 11.1 Å². The molecule has 0 bridgehead atoms. The lowest BCUT2D eigenvalue weighted by Gasteiger charge is -2.30. The molecule has 1 unspecified atom stereocenters. The molecule has 0 aliphatic carbocycles. The number of hydrogen-bond acceptors (Lipinski definition) is 6. The maximum atomic E-state index is 13.7. The molecule has 1 atom stereocenters. The first-order valence-electron chi connectivity index (χ1n) is 10.1. The van der Waals surface area contributed by atoms with Crippen molar-refractivity contribution in [3.63, 3.8) is 0 Å². The summed E-state index contributed by atoms with van der Waals surface area (Å²) in [5.41, 5.74) is 0.00913. The lowest BCUT2D eigenvalue weighted by molar-refractivity contribution is -0.185. The number of hydrogen-bond donors (Lipinski definition) is 0. The largest absolute Gasteiger partial charge is 0.475 e. The van der Waals surface area contributed by atoms with E-state index in [0.29, 0.717) is 22.6 Å². The van der Waals surface area contributed by atoms with Crippen molar-refractivity contribution in [1.82, 2.24) is 0 Å². The van der Waals surface area contributed by atoms with Crippen molar-refractivity contribution in [2.45, 2.75) is 70.6 Å². The third kappa shape index (κ3) is 6.79. The third-order valence-electron chi connectivity index (χ3n) is 4.97. The zero-order chi connectivity index (χ0) is 24.1. The SMILES string of the molecule is CC(C)(C)c1cc2c(cc1Cl)C=C(C(=O)CCCC(=O)CCCON=O)C(C(F)(F)F)O2. The van der Waals surface area contributed by atoms with Gasteiger partial charge in [-0.2, -0.15) is 13.2 Å². The Bertz CT molecular complexity index is 906. The Kier molecular flexibility index (Phi) is 8.45. The molecule has 32 heavy (non-hydrogen) atoms. The van der Waals surface area contributed by atoms with Gasteiger partial charge in [0.05, 0.1) is 0 Å². The van der Waals surface area contributed by atoms with Gasteiger partial charge in [-0.15, -0.1) is 4.91 Å². The maximum absolute atomic E-state index is 13.7. The number of ether oxygens (including phenoxy) is 1. The normalized spacial score (nSPS) is 16.0. The summed E-state index contributed by atoms with van der Waals surface area (Å²) in [5.74, 6) is -0.906. The first-order valence-corrected chi connectivity index (χ1v) is 10.5. The Balaban J connectivity index is 2.16. The molecule has 0 aromatic heterocycles. The predicted octanol–water partition coefficient (Wildman–Crippen LogP) is 6.13. The van der Waals surface area contributed by atoms with Gasteiger partial charge in [-0.1, -0.05) is 32.4 Å². The van der Waals surface area contributed by atoms with Crippen LogP contribution in [0.15, 0.2) is 23.0 Å². The second-order valence-electron chi connectivity index (χ2n) is 8.59. The van der Waals surface area contributed by atoms with E-state index in [-0.39, 0.29) is 43.8 Å². The van der Waals surface area contributed by atoms with E-state index in [9.17, 15) is 27.7 Å². The van der Waals surface area contributed by atoms with Crippen LogP contribution in [-0.4, -0.2) is 30.5 Å². The summed E-state index contributed by atoms with van der Waals surface area (Å²) in [6.45, 7) is 5.64. The van der Waals surface area contributed by atoms with E-state index in [4.69, 9.17) is 16.3 Å². The van der Waals surface area contributed by atoms with E-state index < -0.39 is 29.1 Å². The van der Waals surface area contributed by atoms with Gasteiger partial charge in [-0.25, -0.2) is 0 Å². The first-order chi connectivity index (χ1) is 14.8.